The Morgan fingerprint density at radius 2 is 1.86 bits per heavy atom. The van der Waals surface area contributed by atoms with Gasteiger partial charge in [-0.2, -0.15) is 0 Å². The summed E-state index contributed by atoms with van der Waals surface area (Å²) in [5.41, 5.74) is 0.304. The Bertz CT molecular complexity index is 539. The number of nitrogens with one attached hydrogen (secondary N) is 1. The van der Waals surface area contributed by atoms with Crippen LogP contribution in [0.25, 0.3) is 0 Å². The second-order valence-electron chi connectivity index (χ2n) is 6.15. The minimum Gasteiger partial charge on any atom is -0.481 e. The molecular weight excluding hydrogens is 334 g/mol. The number of amides is 1. The van der Waals surface area contributed by atoms with Crippen molar-refractivity contribution in [1.29, 1.82) is 0 Å². The van der Waals surface area contributed by atoms with Gasteiger partial charge in [0.05, 0.1) is 11.3 Å². The second kappa shape index (κ2) is 6.18. The Labute approximate surface area is 133 Å². The monoisotopic (exact) mass is 353 g/mol. The van der Waals surface area contributed by atoms with Crippen LogP contribution in [0, 0.1) is 5.92 Å². The van der Waals surface area contributed by atoms with Gasteiger partial charge in [0.2, 0.25) is 5.91 Å². The molecule has 114 valence electrons. The molecule has 0 aromatic heterocycles. The van der Waals surface area contributed by atoms with Crippen LogP contribution in [0.3, 0.4) is 0 Å². The fourth-order valence-corrected chi connectivity index (χ4v) is 2.96. The molecule has 0 saturated heterocycles. The first-order valence-electron chi connectivity index (χ1n) is 7.10. The van der Waals surface area contributed by atoms with Gasteiger partial charge in [0.1, 0.15) is 0 Å². The summed E-state index contributed by atoms with van der Waals surface area (Å²) in [7, 11) is 0. The van der Waals surface area contributed by atoms with Crippen molar-refractivity contribution in [2.45, 2.75) is 44.6 Å². The summed E-state index contributed by atoms with van der Waals surface area (Å²) in [5, 5.41) is 12.0. The number of hydrogen-bond acceptors (Lipinski definition) is 2. The van der Waals surface area contributed by atoms with Gasteiger partial charge in [-0.15, -0.1) is 0 Å². The molecule has 0 aliphatic heterocycles. The van der Waals surface area contributed by atoms with Crippen molar-refractivity contribution in [1.82, 2.24) is 5.32 Å². The number of carboxylic acid groups (broad SMARTS) is 1. The molecule has 2 rings (SSSR count). The summed E-state index contributed by atoms with van der Waals surface area (Å²) in [6, 6.07) is 7.66. The molecule has 0 spiro atoms. The molecule has 1 amide bonds. The van der Waals surface area contributed by atoms with Gasteiger partial charge in [-0.25, -0.2) is 0 Å². The van der Waals surface area contributed by atoms with Crippen LogP contribution in [-0.4, -0.2) is 23.0 Å². The van der Waals surface area contributed by atoms with E-state index in [-0.39, 0.29) is 17.9 Å². The molecule has 1 fully saturated rings. The molecule has 1 saturated carbocycles. The largest absolute Gasteiger partial charge is 0.481 e. The molecule has 1 aliphatic carbocycles. The quantitative estimate of drug-likeness (QED) is 0.873. The van der Waals surface area contributed by atoms with Crippen molar-refractivity contribution in [3.63, 3.8) is 0 Å². The lowest BCUT2D eigenvalue weighted by atomic mass is 9.83. The highest BCUT2D eigenvalue weighted by Crippen LogP contribution is 2.29. The molecule has 1 aromatic carbocycles. The Hall–Kier alpha value is -1.36. The van der Waals surface area contributed by atoms with Gasteiger partial charge >= 0.3 is 5.97 Å². The molecule has 0 unspecified atom stereocenters. The van der Waals surface area contributed by atoms with Gasteiger partial charge in [-0.3, -0.25) is 9.59 Å². The van der Waals surface area contributed by atoms with E-state index >= 15 is 0 Å². The van der Waals surface area contributed by atoms with Crippen LogP contribution in [-0.2, 0) is 15.0 Å². The summed E-state index contributed by atoms with van der Waals surface area (Å²) >= 11 is 3.38. The molecule has 21 heavy (non-hydrogen) atoms. The first-order chi connectivity index (χ1) is 9.80. The van der Waals surface area contributed by atoms with E-state index in [1.54, 1.807) is 0 Å². The van der Waals surface area contributed by atoms with E-state index in [4.69, 9.17) is 5.11 Å². The van der Waals surface area contributed by atoms with E-state index in [2.05, 4.69) is 21.2 Å². The lowest BCUT2D eigenvalue weighted by molar-refractivity contribution is -0.141. The topological polar surface area (TPSA) is 66.4 Å². The first-order valence-corrected chi connectivity index (χ1v) is 7.90. The van der Waals surface area contributed by atoms with Crippen molar-refractivity contribution in [3.05, 3.63) is 34.3 Å². The summed E-state index contributed by atoms with van der Waals surface area (Å²) in [6.07, 6.45) is 1.90. The van der Waals surface area contributed by atoms with E-state index < -0.39 is 11.4 Å². The number of carboxylic acids is 1. The zero-order valence-electron chi connectivity index (χ0n) is 12.2. The van der Waals surface area contributed by atoms with E-state index in [0.29, 0.717) is 12.8 Å². The molecule has 1 aliphatic rings. The Morgan fingerprint density at radius 1 is 1.24 bits per heavy atom. The van der Waals surface area contributed by atoms with Crippen LogP contribution in [0.2, 0.25) is 0 Å². The van der Waals surface area contributed by atoms with Crippen LogP contribution < -0.4 is 5.32 Å². The number of benzene rings is 1. The minimum absolute atomic E-state index is 0.0340. The van der Waals surface area contributed by atoms with Gasteiger partial charge in [0.15, 0.2) is 0 Å². The highest BCUT2D eigenvalue weighted by molar-refractivity contribution is 9.10. The maximum absolute atomic E-state index is 12.5. The SMILES string of the molecule is CC(C)(C(=O)N[C@@H]1CC[C@H](C(=O)O)C1)c1ccc(Br)cc1. The second-order valence-corrected chi connectivity index (χ2v) is 7.07. The molecule has 1 aromatic rings. The zero-order chi connectivity index (χ0) is 15.6. The fourth-order valence-electron chi connectivity index (χ4n) is 2.70. The van der Waals surface area contributed by atoms with Gasteiger partial charge in [-0.05, 0) is 50.8 Å². The normalized spacial score (nSPS) is 22.0. The fraction of sp³-hybridized carbons (Fsp3) is 0.500. The highest BCUT2D eigenvalue weighted by Gasteiger charge is 2.35. The molecule has 0 bridgehead atoms. The van der Waals surface area contributed by atoms with Crippen LogP contribution in [0.15, 0.2) is 28.7 Å². The lowest BCUT2D eigenvalue weighted by Crippen LogP contribution is -2.44. The Morgan fingerprint density at radius 3 is 2.38 bits per heavy atom. The standard InChI is InChI=1S/C16H20BrNO3/c1-16(2,11-4-6-12(17)7-5-11)15(21)18-13-8-3-10(9-13)14(19)20/h4-7,10,13H,3,8-9H2,1-2H3,(H,18,21)(H,19,20)/t10-,13+/m0/s1. The third-order valence-corrected chi connectivity index (χ3v) is 4.78. The molecule has 0 radical (unpaired) electrons. The smallest absolute Gasteiger partial charge is 0.306 e. The number of halogens is 1. The summed E-state index contributed by atoms with van der Waals surface area (Å²) in [5.74, 6) is -1.15. The predicted octanol–water partition coefficient (Wildman–Crippen LogP) is 3.10. The minimum atomic E-state index is -0.765. The van der Waals surface area contributed by atoms with Crippen LogP contribution >= 0.6 is 15.9 Å². The van der Waals surface area contributed by atoms with Gasteiger partial charge < -0.3 is 10.4 Å². The third-order valence-electron chi connectivity index (χ3n) is 4.25. The number of hydrogen-bond donors (Lipinski definition) is 2. The summed E-state index contributed by atoms with van der Waals surface area (Å²) < 4.78 is 0.975. The van der Waals surface area contributed by atoms with E-state index in [1.165, 1.54) is 0 Å². The first kappa shape index (κ1) is 16.0. The van der Waals surface area contributed by atoms with E-state index in [1.807, 2.05) is 38.1 Å². The van der Waals surface area contributed by atoms with Crippen molar-refractivity contribution in [2.24, 2.45) is 5.92 Å². The third kappa shape index (κ3) is 3.64. The lowest BCUT2D eigenvalue weighted by Gasteiger charge is -2.26. The molecule has 5 heteroatoms. The van der Waals surface area contributed by atoms with Crippen LogP contribution in [0.5, 0.6) is 0 Å². The van der Waals surface area contributed by atoms with Crippen molar-refractivity contribution < 1.29 is 14.7 Å². The van der Waals surface area contributed by atoms with E-state index in [0.717, 1.165) is 16.5 Å². The average Bonchev–Trinajstić information content (AvgIpc) is 2.88. The Balaban J connectivity index is 2.02. The average molecular weight is 354 g/mol. The molecular formula is C16H20BrNO3. The van der Waals surface area contributed by atoms with Crippen LogP contribution in [0.4, 0.5) is 0 Å². The summed E-state index contributed by atoms with van der Waals surface area (Å²) in [6.45, 7) is 3.77. The molecule has 2 atom stereocenters. The number of aliphatic carboxylic acids is 1. The number of carbonyl (C=O) groups excluding carboxylic acids is 1. The predicted molar refractivity (Wildman–Crippen MR) is 84.1 cm³/mol. The van der Waals surface area contributed by atoms with Gasteiger partial charge in [-0.1, -0.05) is 28.1 Å². The molecule has 2 N–H and O–H groups in total. The van der Waals surface area contributed by atoms with Crippen LogP contribution in [0.1, 0.15) is 38.7 Å². The van der Waals surface area contributed by atoms with Crippen molar-refractivity contribution in [2.75, 3.05) is 0 Å². The summed E-state index contributed by atoms with van der Waals surface area (Å²) in [4.78, 5) is 23.5. The molecule has 0 heterocycles. The maximum Gasteiger partial charge on any atom is 0.306 e. The molecule has 4 nitrogen and oxygen atoms in total. The van der Waals surface area contributed by atoms with Gasteiger partial charge in [0, 0.05) is 10.5 Å². The number of rotatable bonds is 4. The van der Waals surface area contributed by atoms with Crippen molar-refractivity contribution in [3.8, 4) is 0 Å². The number of carbonyl (C=O) groups is 2. The highest BCUT2D eigenvalue weighted by atomic mass is 79.9. The maximum atomic E-state index is 12.5. The Kier molecular flexibility index (Phi) is 4.71. The van der Waals surface area contributed by atoms with Crippen molar-refractivity contribution >= 4 is 27.8 Å². The zero-order valence-corrected chi connectivity index (χ0v) is 13.8. The van der Waals surface area contributed by atoms with Gasteiger partial charge in [0.25, 0.3) is 0 Å². The van der Waals surface area contributed by atoms with E-state index in [9.17, 15) is 9.59 Å².